The highest BCUT2D eigenvalue weighted by atomic mass is 19.1. The minimum absolute atomic E-state index is 0.0792. The minimum atomic E-state index is -0.369. The zero-order chi connectivity index (χ0) is 28.6. The van der Waals surface area contributed by atoms with Gasteiger partial charge in [-0.2, -0.15) is 0 Å². The predicted octanol–water partition coefficient (Wildman–Crippen LogP) is 5.77. The largest absolute Gasteiger partial charge is 0.446 e. The van der Waals surface area contributed by atoms with Gasteiger partial charge >= 0.3 is 6.09 Å². The Bertz CT molecular complexity index is 1540. The van der Waals surface area contributed by atoms with Gasteiger partial charge in [-0.05, 0) is 75.6 Å². The molecule has 9 nitrogen and oxygen atoms in total. The van der Waals surface area contributed by atoms with Crippen LogP contribution in [0.1, 0.15) is 58.1 Å². The van der Waals surface area contributed by atoms with E-state index in [0.717, 1.165) is 79.6 Å². The van der Waals surface area contributed by atoms with Gasteiger partial charge in [0.2, 0.25) is 0 Å². The Kier molecular flexibility index (Phi) is 7.23. The molecule has 0 spiro atoms. The van der Waals surface area contributed by atoms with Crippen molar-refractivity contribution < 1.29 is 13.9 Å². The molecule has 214 valence electrons. The lowest BCUT2D eigenvalue weighted by Gasteiger charge is -2.33. The molecule has 1 N–H and O–H groups in total. The second-order valence-corrected chi connectivity index (χ2v) is 11.9. The maximum Gasteiger partial charge on any atom is 0.407 e. The van der Waals surface area contributed by atoms with Crippen LogP contribution in [0.3, 0.4) is 0 Å². The summed E-state index contributed by atoms with van der Waals surface area (Å²) in [5.41, 5.74) is 2.97. The molecule has 1 atom stereocenters. The monoisotopic (exact) mass is 557 g/mol. The molecule has 3 aromatic heterocycles. The fourth-order valence-electron chi connectivity index (χ4n) is 5.72. The Morgan fingerprint density at radius 2 is 1.80 bits per heavy atom. The van der Waals surface area contributed by atoms with E-state index >= 15 is 0 Å². The molecule has 0 aliphatic carbocycles. The first-order valence-electron chi connectivity index (χ1n) is 14.3. The highest BCUT2D eigenvalue weighted by molar-refractivity contribution is 5.68. The summed E-state index contributed by atoms with van der Waals surface area (Å²) in [6.07, 6.45) is 4.78. The Morgan fingerprint density at radius 3 is 2.59 bits per heavy atom. The Morgan fingerprint density at radius 1 is 1.00 bits per heavy atom. The molecule has 0 bridgehead atoms. The molecule has 0 radical (unpaired) electrons. The molecule has 0 unspecified atom stereocenters. The number of nitrogens with zero attached hydrogens (tertiary/aromatic N) is 6. The van der Waals surface area contributed by atoms with Crippen LogP contribution in [-0.2, 0) is 4.74 Å². The number of hydrogen-bond acceptors (Lipinski definition) is 7. The Hall–Kier alpha value is -4.21. The number of alkyl carbamates (subject to hydrolysis) is 1. The number of carbonyl (C=O) groups is 1. The number of fused-ring (bicyclic) bond motifs is 1. The number of rotatable bonds is 5. The molecule has 2 fully saturated rings. The highest BCUT2D eigenvalue weighted by Crippen LogP contribution is 2.36. The lowest BCUT2D eigenvalue weighted by Crippen LogP contribution is -2.44. The van der Waals surface area contributed by atoms with Crippen molar-refractivity contribution in [2.24, 2.45) is 0 Å². The number of nitrogens with one attached hydrogen (secondary N) is 1. The van der Waals surface area contributed by atoms with Crippen LogP contribution < -0.4 is 15.1 Å². The molecule has 0 saturated carbocycles. The average Bonchev–Trinajstić information content (AvgIpc) is 3.60. The molecular weight excluding hydrogens is 521 g/mol. The van der Waals surface area contributed by atoms with E-state index in [1.807, 2.05) is 61.7 Å². The van der Waals surface area contributed by atoms with Gasteiger partial charge in [0.15, 0.2) is 5.65 Å². The first-order chi connectivity index (χ1) is 19.7. The molecule has 10 heteroatoms. The van der Waals surface area contributed by atoms with E-state index in [1.165, 1.54) is 6.07 Å². The maximum atomic E-state index is 14.0. The van der Waals surface area contributed by atoms with Crippen LogP contribution >= 0.6 is 0 Å². The van der Waals surface area contributed by atoms with Crippen molar-refractivity contribution in [2.45, 2.75) is 64.1 Å². The maximum absolute atomic E-state index is 14.0. The van der Waals surface area contributed by atoms with Gasteiger partial charge in [0.05, 0.1) is 17.9 Å². The number of imidazole rings is 1. The molecule has 6 rings (SSSR count). The number of anilines is 2. The fraction of sp³-hybridized carbons (Fsp3) is 0.419. The van der Waals surface area contributed by atoms with Crippen LogP contribution in [0.5, 0.6) is 0 Å². The molecule has 2 aliphatic rings. The smallest absolute Gasteiger partial charge is 0.407 e. The molecule has 2 saturated heterocycles. The number of halogens is 1. The van der Waals surface area contributed by atoms with Crippen molar-refractivity contribution in [2.75, 3.05) is 29.4 Å². The van der Waals surface area contributed by atoms with Gasteiger partial charge in [-0.3, -0.25) is 0 Å². The van der Waals surface area contributed by atoms with E-state index in [2.05, 4.69) is 20.1 Å². The molecule has 4 aromatic rings. The highest BCUT2D eigenvalue weighted by Gasteiger charge is 2.28. The third kappa shape index (κ3) is 5.96. The van der Waals surface area contributed by atoms with E-state index in [9.17, 15) is 9.18 Å². The Labute approximate surface area is 239 Å². The molecule has 5 heterocycles. The van der Waals surface area contributed by atoms with Gasteiger partial charge in [-0.25, -0.2) is 23.7 Å². The number of hydrogen-bond donors (Lipinski definition) is 1. The average molecular weight is 558 g/mol. The summed E-state index contributed by atoms with van der Waals surface area (Å²) < 4.78 is 21.4. The molecule has 1 amide bonds. The van der Waals surface area contributed by atoms with Crippen molar-refractivity contribution in [1.82, 2.24) is 24.9 Å². The Balaban J connectivity index is 1.19. The molecule has 41 heavy (non-hydrogen) atoms. The number of benzene rings is 1. The van der Waals surface area contributed by atoms with E-state index < -0.39 is 0 Å². The van der Waals surface area contributed by atoms with Crippen LogP contribution in [-0.4, -0.2) is 57.0 Å². The third-order valence-corrected chi connectivity index (χ3v) is 7.64. The van der Waals surface area contributed by atoms with Crippen LogP contribution in [0.15, 0.2) is 60.8 Å². The van der Waals surface area contributed by atoms with E-state index in [0.29, 0.717) is 0 Å². The van der Waals surface area contributed by atoms with Crippen LogP contribution in [0.25, 0.3) is 17.0 Å². The zero-order valence-electron chi connectivity index (χ0n) is 23.8. The van der Waals surface area contributed by atoms with Crippen molar-refractivity contribution in [1.29, 1.82) is 0 Å². The normalized spacial score (nSPS) is 18.2. The summed E-state index contributed by atoms with van der Waals surface area (Å²) in [6, 6.07) is 16.9. The summed E-state index contributed by atoms with van der Waals surface area (Å²) in [5, 5.41) is 7.84. The number of amides is 1. The van der Waals surface area contributed by atoms with Gasteiger partial charge < -0.3 is 19.9 Å². The summed E-state index contributed by atoms with van der Waals surface area (Å²) in [7, 11) is 0. The third-order valence-electron chi connectivity index (χ3n) is 7.64. The standard InChI is InChI=1S/C31H36FN7O2/c1-31(2,3)35-30(40)41-23-14-17-37(18-15-23)28-11-5-9-24(34-28)26-20-33-27-12-13-29(36-39(26)27)38-16-6-10-25(38)21-7-4-8-22(32)19-21/h4-5,7-9,11-13,19-20,23,25H,6,10,14-18H2,1-3H3,(H,35,40)/t25-/m1/s1. The molecule has 1 aromatic carbocycles. The number of piperidine rings is 1. The SMILES string of the molecule is CC(C)(C)NC(=O)OC1CCN(c2cccc(-c3cnc4ccc(N5CCC[C@@H]5c5cccc(F)c5)nn34)n2)CC1. The topological polar surface area (TPSA) is 87.9 Å². The van der Waals surface area contributed by atoms with E-state index in [4.69, 9.17) is 14.8 Å². The lowest BCUT2D eigenvalue weighted by molar-refractivity contribution is 0.0776. The summed E-state index contributed by atoms with van der Waals surface area (Å²) in [5.74, 6) is 1.48. The fourth-order valence-corrected chi connectivity index (χ4v) is 5.72. The van der Waals surface area contributed by atoms with Gasteiger partial charge in [0, 0.05) is 38.0 Å². The van der Waals surface area contributed by atoms with Crippen molar-refractivity contribution in [3.63, 3.8) is 0 Å². The summed E-state index contributed by atoms with van der Waals surface area (Å²) in [4.78, 5) is 26.2. The number of aromatic nitrogens is 4. The van der Waals surface area contributed by atoms with Crippen molar-refractivity contribution in [3.8, 4) is 11.4 Å². The number of carbonyl (C=O) groups excluding carboxylic acids is 1. The predicted molar refractivity (Wildman–Crippen MR) is 157 cm³/mol. The quantitative estimate of drug-likeness (QED) is 0.334. The van der Waals surface area contributed by atoms with Crippen molar-refractivity contribution >= 4 is 23.4 Å². The van der Waals surface area contributed by atoms with Gasteiger partial charge in [0.25, 0.3) is 0 Å². The van der Waals surface area contributed by atoms with Gasteiger partial charge in [-0.15, -0.1) is 5.10 Å². The van der Waals surface area contributed by atoms with Crippen LogP contribution in [0.2, 0.25) is 0 Å². The summed E-state index contributed by atoms with van der Waals surface area (Å²) in [6.45, 7) is 8.16. The molecular formula is C31H36FN7O2. The lowest BCUT2D eigenvalue weighted by atomic mass is 10.0. The number of ether oxygens (including phenoxy) is 1. The van der Waals surface area contributed by atoms with Gasteiger partial charge in [0.1, 0.15) is 29.3 Å². The summed E-state index contributed by atoms with van der Waals surface area (Å²) >= 11 is 0. The number of pyridine rings is 1. The second-order valence-electron chi connectivity index (χ2n) is 11.9. The van der Waals surface area contributed by atoms with Crippen LogP contribution in [0.4, 0.5) is 20.8 Å². The second kappa shape index (κ2) is 11.0. The minimum Gasteiger partial charge on any atom is -0.446 e. The first-order valence-corrected chi connectivity index (χ1v) is 14.3. The van der Waals surface area contributed by atoms with E-state index in [1.54, 1.807) is 18.3 Å². The van der Waals surface area contributed by atoms with Gasteiger partial charge in [-0.1, -0.05) is 18.2 Å². The van der Waals surface area contributed by atoms with Crippen molar-refractivity contribution in [3.05, 3.63) is 72.2 Å². The first kappa shape index (κ1) is 27.0. The molecule has 2 aliphatic heterocycles. The van der Waals surface area contributed by atoms with Crippen LogP contribution in [0, 0.1) is 5.82 Å². The van der Waals surface area contributed by atoms with E-state index in [-0.39, 0.29) is 29.6 Å². The zero-order valence-corrected chi connectivity index (χ0v) is 23.8.